The van der Waals surface area contributed by atoms with Crippen LogP contribution in [0.4, 0.5) is 4.79 Å². The van der Waals surface area contributed by atoms with Gasteiger partial charge in [-0.15, -0.1) is 0 Å². The van der Waals surface area contributed by atoms with Crippen LogP contribution in [-0.2, 0) is 4.74 Å². The van der Waals surface area contributed by atoms with E-state index in [1.54, 1.807) is 18.0 Å². The standard InChI is InChI=1S/C16H20N2O3/c1-5-6-12-7-8-13(9-17-12)20-14-10-18(11-14)15(19)21-16(2,3)4/h7-9,14H,10-11H2,1-4H3. The van der Waals surface area contributed by atoms with Crippen LogP contribution in [-0.4, -0.2) is 40.8 Å². The maximum absolute atomic E-state index is 11.8. The van der Waals surface area contributed by atoms with Gasteiger partial charge in [-0.1, -0.05) is 5.92 Å². The van der Waals surface area contributed by atoms with Crippen molar-refractivity contribution in [1.29, 1.82) is 0 Å². The van der Waals surface area contributed by atoms with Crippen molar-refractivity contribution in [3.05, 3.63) is 24.0 Å². The average molecular weight is 288 g/mol. The monoisotopic (exact) mass is 288 g/mol. The van der Waals surface area contributed by atoms with Crippen LogP contribution < -0.4 is 4.74 Å². The lowest BCUT2D eigenvalue weighted by Gasteiger charge is -2.39. The first kappa shape index (κ1) is 15.2. The molecule has 0 aliphatic carbocycles. The van der Waals surface area contributed by atoms with Crippen molar-refractivity contribution >= 4 is 6.09 Å². The number of carbonyl (C=O) groups is 1. The second kappa shape index (κ2) is 6.04. The fourth-order valence-corrected chi connectivity index (χ4v) is 1.83. The smallest absolute Gasteiger partial charge is 0.410 e. The van der Waals surface area contributed by atoms with Crippen molar-refractivity contribution in [3.8, 4) is 17.6 Å². The molecule has 2 heterocycles. The van der Waals surface area contributed by atoms with Gasteiger partial charge < -0.3 is 14.4 Å². The highest BCUT2D eigenvalue weighted by Gasteiger charge is 2.35. The molecule has 5 nitrogen and oxygen atoms in total. The molecule has 21 heavy (non-hydrogen) atoms. The number of likely N-dealkylation sites (tertiary alicyclic amines) is 1. The van der Waals surface area contributed by atoms with E-state index in [0.717, 1.165) is 0 Å². The highest BCUT2D eigenvalue weighted by molar-refractivity contribution is 5.69. The molecule has 0 atom stereocenters. The molecule has 0 N–H and O–H groups in total. The maximum atomic E-state index is 11.8. The Morgan fingerprint density at radius 2 is 2.10 bits per heavy atom. The fraction of sp³-hybridized carbons (Fsp3) is 0.500. The molecule has 0 bridgehead atoms. The Bertz CT molecular complexity index is 558. The number of carbonyl (C=O) groups excluding carboxylic acids is 1. The van der Waals surface area contributed by atoms with Gasteiger partial charge in [0, 0.05) is 0 Å². The van der Waals surface area contributed by atoms with Crippen LogP contribution in [0.5, 0.6) is 5.75 Å². The van der Waals surface area contributed by atoms with Crippen molar-refractivity contribution in [2.24, 2.45) is 0 Å². The van der Waals surface area contributed by atoms with E-state index < -0.39 is 5.60 Å². The maximum Gasteiger partial charge on any atom is 0.410 e. The lowest BCUT2D eigenvalue weighted by Crippen LogP contribution is -2.57. The minimum atomic E-state index is -0.469. The molecular weight excluding hydrogens is 268 g/mol. The van der Waals surface area contributed by atoms with Crippen LogP contribution in [0.2, 0.25) is 0 Å². The number of amides is 1. The fourth-order valence-electron chi connectivity index (χ4n) is 1.83. The molecule has 1 saturated heterocycles. The van der Waals surface area contributed by atoms with Gasteiger partial charge in [0.25, 0.3) is 0 Å². The molecule has 1 aliphatic heterocycles. The summed E-state index contributed by atoms with van der Waals surface area (Å²) in [7, 11) is 0. The summed E-state index contributed by atoms with van der Waals surface area (Å²) in [6, 6.07) is 3.65. The highest BCUT2D eigenvalue weighted by atomic mass is 16.6. The average Bonchev–Trinajstić information content (AvgIpc) is 2.33. The number of hydrogen-bond acceptors (Lipinski definition) is 4. The van der Waals surface area contributed by atoms with E-state index >= 15 is 0 Å². The Balaban J connectivity index is 1.79. The van der Waals surface area contributed by atoms with Gasteiger partial charge >= 0.3 is 6.09 Å². The van der Waals surface area contributed by atoms with Gasteiger partial charge in [-0.3, -0.25) is 0 Å². The van der Waals surface area contributed by atoms with E-state index in [4.69, 9.17) is 9.47 Å². The molecule has 1 aromatic rings. The normalized spacial score (nSPS) is 14.8. The number of nitrogens with zero attached hydrogens (tertiary/aromatic N) is 2. The summed E-state index contributed by atoms with van der Waals surface area (Å²) in [5, 5.41) is 0. The SMILES string of the molecule is CC#Cc1ccc(OC2CN(C(=O)OC(C)(C)C)C2)cn1. The van der Waals surface area contributed by atoms with E-state index in [1.807, 2.05) is 32.9 Å². The molecule has 0 radical (unpaired) electrons. The van der Waals surface area contributed by atoms with Crippen molar-refractivity contribution in [1.82, 2.24) is 9.88 Å². The molecule has 1 fully saturated rings. The minimum absolute atomic E-state index is 0.0116. The van der Waals surface area contributed by atoms with Crippen LogP contribution in [0.15, 0.2) is 18.3 Å². The zero-order valence-electron chi connectivity index (χ0n) is 12.8. The number of ether oxygens (including phenoxy) is 2. The van der Waals surface area contributed by atoms with E-state index in [9.17, 15) is 4.79 Å². The third-order valence-corrected chi connectivity index (χ3v) is 2.79. The van der Waals surface area contributed by atoms with Gasteiger partial charge in [0.05, 0.1) is 19.3 Å². The molecule has 1 aromatic heterocycles. The zero-order chi connectivity index (χ0) is 15.5. The second-order valence-electron chi connectivity index (χ2n) is 5.88. The summed E-state index contributed by atoms with van der Waals surface area (Å²) in [4.78, 5) is 17.6. The number of hydrogen-bond donors (Lipinski definition) is 0. The molecule has 0 aromatic carbocycles. The Labute approximate surface area is 125 Å². The summed E-state index contributed by atoms with van der Waals surface area (Å²) in [5.41, 5.74) is 0.247. The third kappa shape index (κ3) is 4.38. The summed E-state index contributed by atoms with van der Waals surface area (Å²) in [6.07, 6.45) is 1.34. The molecule has 2 rings (SSSR count). The molecular formula is C16H20N2O3. The first-order chi connectivity index (χ1) is 9.87. The Morgan fingerprint density at radius 3 is 2.62 bits per heavy atom. The van der Waals surface area contributed by atoms with Crippen LogP contribution in [0, 0.1) is 11.8 Å². The van der Waals surface area contributed by atoms with Crippen molar-refractivity contribution in [3.63, 3.8) is 0 Å². The molecule has 1 amide bonds. The number of rotatable bonds is 2. The van der Waals surface area contributed by atoms with Gasteiger partial charge in [-0.05, 0) is 45.7 Å². The zero-order valence-corrected chi connectivity index (χ0v) is 12.8. The van der Waals surface area contributed by atoms with Crippen molar-refractivity contribution < 1.29 is 14.3 Å². The van der Waals surface area contributed by atoms with Crippen LogP contribution in [0.3, 0.4) is 0 Å². The highest BCUT2D eigenvalue weighted by Crippen LogP contribution is 2.20. The number of aromatic nitrogens is 1. The van der Waals surface area contributed by atoms with E-state index in [-0.39, 0.29) is 12.2 Å². The summed E-state index contributed by atoms with van der Waals surface area (Å²) >= 11 is 0. The Hall–Kier alpha value is -2.22. The van der Waals surface area contributed by atoms with E-state index in [1.165, 1.54) is 0 Å². The van der Waals surface area contributed by atoms with Gasteiger partial charge in [0.15, 0.2) is 0 Å². The van der Waals surface area contributed by atoms with Crippen LogP contribution in [0.25, 0.3) is 0 Å². The molecule has 112 valence electrons. The predicted molar refractivity (Wildman–Crippen MR) is 79.0 cm³/mol. The third-order valence-electron chi connectivity index (χ3n) is 2.79. The molecule has 1 aliphatic rings. The van der Waals surface area contributed by atoms with Crippen LogP contribution in [0.1, 0.15) is 33.4 Å². The first-order valence-electron chi connectivity index (χ1n) is 6.91. The van der Waals surface area contributed by atoms with Crippen molar-refractivity contribution in [2.45, 2.75) is 39.4 Å². The quantitative estimate of drug-likeness (QED) is 0.784. The van der Waals surface area contributed by atoms with Gasteiger partial charge in [0.1, 0.15) is 23.1 Å². The lowest BCUT2D eigenvalue weighted by molar-refractivity contribution is -0.0222. The summed E-state index contributed by atoms with van der Waals surface area (Å²) in [5.74, 6) is 6.35. The van der Waals surface area contributed by atoms with Gasteiger partial charge in [-0.2, -0.15) is 0 Å². The van der Waals surface area contributed by atoms with Crippen molar-refractivity contribution in [2.75, 3.05) is 13.1 Å². The van der Waals surface area contributed by atoms with E-state index in [0.29, 0.717) is 24.5 Å². The largest absolute Gasteiger partial charge is 0.485 e. The molecule has 0 unspecified atom stereocenters. The molecule has 5 heteroatoms. The van der Waals surface area contributed by atoms with Gasteiger partial charge in [0.2, 0.25) is 0 Å². The topological polar surface area (TPSA) is 51.7 Å². The van der Waals surface area contributed by atoms with Crippen LogP contribution >= 0.6 is 0 Å². The summed E-state index contributed by atoms with van der Waals surface area (Å²) in [6.45, 7) is 8.39. The second-order valence-corrected chi connectivity index (χ2v) is 5.88. The molecule has 0 saturated carbocycles. The first-order valence-corrected chi connectivity index (χ1v) is 6.91. The lowest BCUT2D eigenvalue weighted by atomic mass is 10.1. The minimum Gasteiger partial charge on any atom is -0.485 e. The van der Waals surface area contributed by atoms with E-state index in [2.05, 4.69) is 16.8 Å². The Morgan fingerprint density at radius 1 is 1.38 bits per heavy atom. The number of pyridine rings is 1. The molecule has 0 spiro atoms. The van der Waals surface area contributed by atoms with Gasteiger partial charge in [-0.25, -0.2) is 9.78 Å². The summed E-state index contributed by atoms with van der Waals surface area (Å²) < 4.78 is 11.0. The predicted octanol–water partition coefficient (Wildman–Crippen LogP) is 2.45. The Kier molecular flexibility index (Phi) is 4.37.